The van der Waals surface area contributed by atoms with Crippen molar-refractivity contribution in [3.63, 3.8) is 0 Å². The van der Waals surface area contributed by atoms with Crippen LogP contribution in [0.15, 0.2) is 0 Å². The van der Waals surface area contributed by atoms with E-state index in [4.69, 9.17) is 21.9 Å². The van der Waals surface area contributed by atoms with Crippen molar-refractivity contribution in [2.45, 2.75) is 31.3 Å². The Labute approximate surface area is 122 Å². The van der Waals surface area contributed by atoms with Gasteiger partial charge in [-0.2, -0.15) is 9.97 Å². The van der Waals surface area contributed by atoms with Crippen LogP contribution in [0.4, 0.5) is 11.8 Å². The van der Waals surface area contributed by atoms with E-state index in [0.717, 1.165) is 12.0 Å². The van der Waals surface area contributed by atoms with E-state index in [1.165, 1.54) is 0 Å². The van der Waals surface area contributed by atoms with Crippen LogP contribution in [-0.2, 0) is 11.2 Å². The topological polar surface area (TPSA) is 133 Å². The van der Waals surface area contributed by atoms with E-state index in [2.05, 4.69) is 9.97 Å². The molecule has 3 rings (SSSR count). The second kappa shape index (κ2) is 5.03. The van der Waals surface area contributed by atoms with E-state index in [9.17, 15) is 4.79 Å². The van der Waals surface area contributed by atoms with E-state index in [1.54, 1.807) is 0 Å². The lowest BCUT2D eigenvalue weighted by Crippen LogP contribution is -2.39. The standard InChI is InChI=1S/C13H20N6O2/c14-4-1-2-9(20)19-5-3-13(7-19)6-8-10(15)17-12(16)18-11(8)21-13/h1-7,14H2,(H4,15,16,17,18). The number of nitrogens with two attached hydrogens (primary N) is 3. The van der Waals surface area contributed by atoms with Crippen LogP contribution in [0, 0.1) is 0 Å². The molecule has 8 heteroatoms. The van der Waals surface area contributed by atoms with Crippen molar-refractivity contribution < 1.29 is 9.53 Å². The number of carbonyl (C=O) groups excluding carboxylic acids is 1. The zero-order valence-electron chi connectivity index (χ0n) is 11.8. The fraction of sp³-hybridized carbons (Fsp3) is 0.615. The highest BCUT2D eigenvalue weighted by Gasteiger charge is 2.47. The van der Waals surface area contributed by atoms with Crippen molar-refractivity contribution in [3.8, 4) is 5.88 Å². The maximum Gasteiger partial charge on any atom is 0.225 e. The van der Waals surface area contributed by atoms with Gasteiger partial charge in [0.2, 0.25) is 17.7 Å². The minimum atomic E-state index is -0.433. The van der Waals surface area contributed by atoms with Gasteiger partial charge in [-0.1, -0.05) is 0 Å². The summed E-state index contributed by atoms with van der Waals surface area (Å²) < 4.78 is 5.97. The molecule has 1 unspecified atom stereocenters. The molecule has 21 heavy (non-hydrogen) atoms. The van der Waals surface area contributed by atoms with Crippen molar-refractivity contribution in [1.29, 1.82) is 0 Å². The minimum absolute atomic E-state index is 0.108. The first kappa shape index (κ1) is 13.9. The molecule has 114 valence electrons. The third-order valence-electron chi connectivity index (χ3n) is 4.09. The molecule has 2 aliphatic rings. The van der Waals surface area contributed by atoms with Crippen LogP contribution in [0.2, 0.25) is 0 Å². The number of likely N-dealkylation sites (tertiary alicyclic amines) is 1. The Morgan fingerprint density at radius 3 is 2.95 bits per heavy atom. The maximum atomic E-state index is 12.1. The van der Waals surface area contributed by atoms with Crippen molar-refractivity contribution in [2.75, 3.05) is 31.1 Å². The number of nitrogens with zero attached hydrogens (tertiary/aromatic N) is 3. The van der Waals surface area contributed by atoms with Crippen molar-refractivity contribution >= 4 is 17.7 Å². The molecule has 2 aliphatic heterocycles. The van der Waals surface area contributed by atoms with Gasteiger partial charge in [-0.3, -0.25) is 4.79 Å². The number of amides is 1. The molecule has 1 aromatic heterocycles. The Balaban J connectivity index is 1.72. The van der Waals surface area contributed by atoms with Crippen LogP contribution in [-0.4, -0.2) is 46.0 Å². The summed E-state index contributed by atoms with van der Waals surface area (Å²) in [4.78, 5) is 22.0. The van der Waals surface area contributed by atoms with Crippen molar-refractivity contribution in [2.24, 2.45) is 5.73 Å². The lowest BCUT2D eigenvalue weighted by molar-refractivity contribution is -0.130. The molecular weight excluding hydrogens is 272 g/mol. The van der Waals surface area contributed by atoms with Gasteiger partial charge in [0.05, 0.1) is 12.1 Å². The molecule has 8 nitrogen and oxygen atoms in total. The number of nitrogen functional groups attached to an aromatic ring is 2. The van der Waals surface area contributed by atoms with Gasteiger partial charge in [-0.15, -0.1) is 0 Å². The van der Waals surface area contributed by atoms with Crippen LogP contribution in [0.25, 0.3) is 0 Å². The first-order chi connectivity index (χ1) is 10.0. The number of hydrogen-bond acceptors (Lipinski definition) is 7. The molecular formula is C13H20N6O2. The fourth-order valence-corrected chi connectivity index (χ4v) is 3.01. The lowest BCUT2D eigenvalue weighted by Gasteiger charge is -2.23. The monoisotopic (exact) mass is 292 g/mol. The third-order valence-corrected chi connectivity index (χ3v) is 4.09. The average Bonchev–Trinajstić information content (AvgIpc) is 3.00. The van der Waals surface area contributed by atoms with Gasteiger partial charge in [0, 0.05) is 25.8 Å². The summed E-state index contributed by atoms with van der Waals surface area (Å²) in [5, 5.41) is 0. The number of aromatic nitrogens is 2. The van der Waals surface area contributed by atoms with Gasteiger partial charge < -0.3 is 26.8 Å². The van der Waals surface area contributed by atoms with Crippen LogP contribution >= 0.6 is 0 Å². The van der Waals surface area contributed by atoms with E-state index in [0.29, 0.717) is 50.6 Å². The molecule has 1 fully saturated rings. The summed E-state index contributed by atoms with van der Waals surface area (Å²) in [6.45, 7) is 1.75. The summed E-state index contributed by atoms with van der Waals surface area (Å²) in [5.74, 6) is 1.05. The highest BCUT2D eigenvalue weighted by atomic mass is 16.5. The van der Waals surface area contributed by atoms with Gasteiger partial charge in [-0.05, 0) is 13.0 Å². The maximum absolute atomic E-state index is 12.1. The highest BCUT2D eigenvalue weighted by Crippen LogP contribution is 2.41. The normalized spacial score (nSPS) is 23.4. The van der Waals surface area contributed by atoms with Crippen molar-refractivity contribution in [1.82, 2.24) is 14.9 Å². The number of anilines is 2. The molecule has 0 bridgehead atoms. The van der Waals surface area contributed by atoms with Crippen LogP contribution < -0.4 is 21.9 Å². The molecule has 1 saturated heterocycles. The van der Waals surface area contributed by atoms with E-state index >= 15 is 0 Å². The van der Waals surface area contributed by atoms with E-state index < -0.39 is 5.60 Å². The van der Waals surface area contributed by atoms with Gasteiger partial charge in [0.25, 0.3) is 0 Å². The molecule has 1 atom stereocenters. The minimum Gasteiger partial charge on any atom is -0.468 e. The number of fused-ring (bicyclic) bond motifs is 1. The molecule has 0 radical (unpaired) electrons. The summed E-state index contributed by atoms with van der Waals surface area (Å²) >= 11 is 0. The van der Waals surface area contributed by atoms with Crippen molar-refractivity contribution in [3.05, 3.63) is 5.56 Å². The second-order valence-electron chi connectivity index (χ2n) is 5.67. The number of hydrogen-bond donors (Lipinski definition) is 3. The average molecular weight is 292 g/mol. The Hall–Kier alpha value is -2.09. The van der Waals surface area contributed by atoms with Crippen LogP contribution in [0.3, 0.4) is 0 Å². The quantitative estimate of drug-likeness (QED) is 0.669. The smallest absolute Gasteiger partial charge is 0.225 e. The summed E-state index contributed by atoms with van der Waals surface area (Å²) in [6.07, 6.45) is 2.57. The van der Waals surface area contributed by atoms with Crippen LogP contribution in [0.1, 0.15) is 24.8 Å². The molecule has 3 heterocycles. The predicted octanol–water partition coefficient (Wildman–Crippen LogP) is -0.714. The summed E-state index contributed by atoms with van der Waals surface area (Å²) in [5.41, 5.74) is 17.3. The molecule has 0 aliphatic carbocycles. The molecule has 0 aromatic carbocycles. The zero-order valence-corrected chi connectivity index (χ0v) is 11.8. The first-order valence-corrected chi connectivity index (χ1v) is 7.12. The Kier molecular flexibility index (Phi) is 3.32. The highest BCUT2D eigenvalue weighted by molar-refractivity contribution is 5.76. The Bertz CT molecular complexity index is 578. The Morgan fingerprint density at radius 1 is 1.38 bits per heavy atom. The number of ether oxygens (including phenoxy) is 1. The molecule has 1 amide bonds. The zero-order chi connectivity index (χ0) is 15.0. The Morgan fingerprint density at radius 2 is 2.19 bits per heavy atom. The summed E-state index contributed by atoms with van der Waals surface area (Å²) in [6, 6.07) is 0. The number of carbonyl (C=O) groups is 1. The first-order valence-electron chi connectivity index (χ1n) is 7.12. The fourth-order valence-electron chi connectivity index (χ4n) is 3.01. The molecule has 0 saturated carbocycles. The van der Waals surface area contributed by atoms with Gasteiger partial charge in [0.15, 0.2) is 0 Å². The lowest BCUT2D eigenvalue weighted by atomic mass is 9.97. The predicted molar refractivity (Wildman–Crippen MR) is 77.4 cm³/mol. The molecule has 6 N–H and O–H groups in total. The van der Waals surface area contributed by atoms with Gasteiger partial charge in [-0.25, -0.2) is 0 Å². The largest absolute Gasteiger partial charge is 0.468 e. The van der Waals surface area contributed by atoms with Gasteiger partial charge in [0.1, 0.15) is 11.4 Å². The summed E-state index contributed by atoms with van der Waals surface area (Å²) in [7, 11) is 0. The number of rotatable bonds is 3. The molecule has 1 aromatic rings. The second-order valence-corrected chi connectivity index (χ2v) is 5.67. The van der Waals surface area contributed by atoms with E-state index in [1.807, 2.05) is 4.90 Å². The third kappa shape index (κ3) is 2.46. The molecule has 1 spiro atoms. The van der Waals surface area contributed by atoms with E-state index in [-0.39, 0.29) is 11.9 Å². The SMILES string of the molecule is NCCCC(=O)N1CCC2(Cc3c(N)nc(N)nc3O2)C1. The van der Waals surface area contributed by atoms with Gasteiger partial charge >= 0.3 is 0 Å². The van der Waals surface area contributed by atoms with Crippen LogP contribution in [0.5, 0.6) is 5.88 Å².